The SMILES string of the molecule is O=C(O)c1ccc(C(F)(F)F)nc1NCCn1ccnc1. The first kappa shape index (κ1) is 14.8. The zero-order valence-corrected chi connectivity index (χ0v) is 10.6. The summed E-state index contributed by atoms with van der Waals surface area (Å²) in [6, 6.07) is 1.53. The van der Waals surface area contributed by atoms with Crippen LogP contribution in [-0.2, 0) is 12.7 Å². The first-order valence-electron chi connectivity index (χ1n) is 5.89. The van der Waals surface area contributed by atoms with Crippen LogP contribution in [0.3, 0.4) is 0 Å². The molecule has 0 aliphatic heterocycles. The van der Waals surface area contributed by atoms with E-state index in [0.717, 1.165) is 6.07 Å². The number of alkyl halides is 3. The number of halogens is 3. The van der Waals surface area contributed by atoms with Gasteiger partial charge in [0.25, 0.3) is 0 Å². The van der Waals surface area contributed by atoms with E-state index in [1.54, 1.807) is 23.3 Å². The topological polar surface area (TPSA) is 80.0 Å². The molecule has 0 unspecified atom stereocenters. The van der Waals surface area contributed by atoms with Crippen molar-refractivity contribution in [3.05, 3.63) is 42.1 Å². The molecule has 0 radical (unpaired) electrons. The van der Waals surface area contributed by atoms with Crippen molar-refractivity contribution in [3.63, 3.8) is 0 Å². The van der Waals surface area contributed by atoms with Gasteiger partial charge in [0.2, 0.25) is 0 Å². The Morgan fingerprint density at radius 1 is 1.38 bits per heavy atom. The van der Waals surface area contributed by atoms with Crippen molar-refractivity contribution in [2.45, 2.75) is 12.7 Å². The fourth-order valence-corrected chi connectivity index (χ4v) is 1.65. The molecule has 0 spiro atoms. The molecule has 0 aromatic carbocycles. The van der Waals surface area contributed by atoms with Gasteiger partial charge in [-0.25, -0.2) is 14.8 Å². The monoisotopic (exact) mass is 300 g/mol. The number of imidazole rings is 1. The molecule has 2 aromatic heterocycles. The summed E-state index contributed by atoms with van der Waals surface area (Å²) in [7, 11) is 0. The number of aromatic nitrogens is 3. The van der Waals surface area contributed by atoms with E-state index in [-0.39, 0.29) is 17.9 Å². The predicted octanol–water partition coefficient (Wildman–Crippen LogP) is 2.11. The van der Waals surface area contributed by atoms with E-state index in [0.29, 0.717) is 12.6 Å². The summed E-state index contributed by atoms with van der Waals surface area (Å²) in [5.41, 5.74) is -1.45. The molecule has 2 heterocycles. The Morgan fingerprint density at radius 2 is 2.14 bits per heavy atom. The number of anilines is 1. The molecule has 112 valence electrons. The minimum absolute atomic E-state index is 0.213. The van der Waals surface area contributed by atoms with Crippen LogP contribution in [-0.4, -0.2) is 32.2 Å². The molecule has 0 saturated heterocycles. The lowest BCUT2D eigenvalue weighted by molar-refractivity contribution is -0.141. The molecule has 2 rings (SSSR count). The zero-order chi connectivity index (χ0) is 15.5. The molecular formula is C12H11F3N4O2. The van der Waals surface area contributed by atoms with Crippen molar-refractivity contribution in [3.8, 4) is 0 Å². The fourth-order valence-electron chi connectivity index (χ4n) is 1.65. The lowest BCUT2D eigenvalue weighted by Crippen LogP contribution is -2.16. The molecule has 21 heavy (non-hydrogen) atoms. The van der Waals surface area contributed by atoms with Gasteiger partial charge in [-0.15, -0.1) is 0 Å². The second kappa shape index (κ2) is 5.81. The third kappa shape index (κ3) is 3.71. The van der Waals surface area contributed by atoms with E-state index >= 15 is 0 Å². The highest BCUT2D eigenvalue weighted by Gasteiger charge is 2.33. The number of pyridine rings is 1. The van der Waals surface area contributed by atoms with Gasteiger partial charge in [-0.05, 0) is 12.1 Å². The minimum Gasteiger partial charge on any atom is -0.478 e. The van der Waals surface area contributed by atoms with E-state index in [1.165, 1.54) is 0 Å². The van der Waals surface area contributed by atoms with E-state index < -0.39 is 17.8 Å². The quantitative estimate of drug-likeness (QED) is 0.884. The van der Waals surface area contributed by atoms with Crippen molar-refractivity contribution in [2.75, 3.05) is 11.9 Å². The summed E-state index contributed by atoms with van der Waals surface area (Å²) in [6.07, 6.45) is 0.154. The highest BCUT2D eigenvalue weighted by molar-refractivity contribution is 5.93. The third-order valence-corrected chi connectivity index (χ3v) is 2.64. The van der Waals surface area contributed by atoms with Crippen molar-refractivity contribution < 1.29 is 23.1 Å². The van der Waals surface area contributed by atoms with Gasteiger partial charge in [-0.1, -0.05) is 0 Å². The number of aromatic carboxylic acids is 1. The number of nitrogens with zero attached hydrogens (tertiary/aromatic N) is 3. The predicted molar refractivity (Wildman–Crippen MR) is 66.9 cm³/mol. The fraction of sp³-hybridized carbons (Fsp3) is 0.250. The normalized spacial score (nSPS) is 11.4. The number of carboxylic acid groups (broad SMARTS) is 1. The molecule has 0 aliphatic carbocycles. The number of carboxylic acids is 1. The van der Waals surface area contributed by atoms with Crippen LogP contribution in [0.4, 0.5) is 19.0 Å². The summed E-state index contributed by atoms with van der Waals surface area (Å²) in [5, 5.41) is 11.6. The minimum atomic E-state index is -4.63. The van der Waals surface area contributed by atoms with Crippen LogP contribution in [0.2, 0.25) is 0 Å². The van der Waals surface area contributed by atoms with Gasteiger partial charge >= 0.3 is 12.1 Å². The average Bonchev–Trinajstić information content (AvgIpc) is 2.90. The maximum atomic E-state index is 12.6. The van der Waals surface area contributed by atoms with Crippen molar-refractivity contribution >= 4 is 11.8 Å². The summed E-state index contributed by atoms with van der Waals surface area (Å²) >= 11 is 0. The molecule has 2 N–H and O–H groups in total. The van der Waals surface area contributed by atoms with E-state index in [1.807, 2.05) is 0 Å². The van der Waals surface area contributed by atoms with Gasteiger partial charge in [-0.3, -0.25) is 0 Å². The number of hydrogen-bond donors (Lipinski definition) is 2. The number of carbonyl (C=O) groups is 1. The van der Waals surface area contributed by atoms with Crippen LogP contribution >= 0.6 is 0 Å². The number of rotatable bonds is 5. The Labute approximate surface area is 117 Å². The third-order valence-electron chi connectivity index (χ3n) is 2.64. The van der Waals surface area contributed by atoms with Crippen molar-refractivity contribution in [2.24, 2.45) is 0 Å². The second-order valence-corrected chi connectivity index (χ2v) is 4.12. The molecule has 0 fully saturated rings. The largest absolute Gasteiger partial charge is 0.478 e. The van der Waals surface area contributed by atoms with Gasteiger partial charge in [0.15, 0.2) is 0 Å². The van der Waals surface area contributed by atoms with Crippen molar-refractivity contribution in [1.82, 2.24) is 14.5 Å². The molecule has 0 atom stereocenters. The summed E-state index contributed by atoms with van der Waals surface area (Å²) in [5.74, 6) is -1.65. The van der Waals surface area contributed by atoms with E-state index in [9.17, 15) is 18.0 Å². The number of hydrogen-bond acceptors (Lipinski definition) is 4. The molecule has 9 heteroatoms. The first-order valence-corrected chi connectivity index (χ1v) is 5.89. The van der Waals surface area contributed by atoms with Gasteiger partial charge in [0, 0.05) is 25.5 Å². The van der Waals surface area contributed by atoms with Gasteiger partial charge in [0.05, 0.1) is 6.33 Å². The maximum absolute atomic E-state index is 12.6. The van der Waals surface area contributed by atoms with Crippen LogP contribution in [0.1, 0.15) is 16.1 Å². The molecule has 6 nitrogen and oxygen atoms in total. The summed E-state index contributed by atoms with van der Waals surface area (Å²) < 4.78 is 39.5. The molecule has 0 bridgehead atoms. The zero-order valence-electron chi connectivity index (χ0n) is 10.6. The Bertz CT molecular complexity index is 626. The highest BCUT2D eigenvalue weighted by Crippen LogP contribution is 2.29. The lowest BCUT2D eigenvalue weighted by Gasteiger charge is -2.12. The Morgan fingerprint density at radius 3 is 2.71 bits per heavy atom. The lowest BCUT2D eigenvalue weighted by atomic mass is 10.2. The van der Waals surface area contributed by atoms with Gasteiger partial charge in [0.1, 0.15) is 17.1 Å². The van der Waals surface area contributed by atoms with Crippen LogP contribution in [0.25, 0.3) is 0 Å². The smallest absolute Gasteiger partial charge is 0.433 e. The molecule has 2 aromatic rings. The summed E-state index contributed by atoms with van der Waals surface area (Å²) in [6.45, 7) is 0.627. The average molecular weight is 300 g/mol. The Kier molecular flexibility index (Phi) is 4.10. The highest BCUT2D eigenvalue weighted by atomic mass is 19.4. The Balaban J connectivity index is 2.16. The van der Waals surface area contributed by atoms with Crippen molar-refractivity contribution in [1.29, 1.82) is 0 Å². The van der Waals surface area contributed by atoms with Gasteiger partial charge < -0.3 is 15.0 Å². The molecule has 0 aliphatic rings. The van der Waals surface area contributed by atoms with Crippen LogP contribution in [0.5, 0.6) is 0 Å². The second-order valence-electron chi connectivity index (χ2n) is 4.12. The summed E-state index contributed by atoms with van der Waals surface area (Å²) in [4.78, 5) is 18.2. The first-order chi connectivity index (χ1) is 9.88. The van der Waals surface area contributed by atoms with E-state index in [4.69, 9.17) is 5.11 Å². The standard InChI is InChI=1S/C12H11F3N4O2/c13-12(14,15)9-2-1-8(11(20)21)10(18-9)17-4-6-19-5-3-16-7-19/h1-3,5,7H,4,6H2,(H,17,18)(H,20,21). The van der Waals surface area contributed by atoms with Crippen LogP contribution in [0, 0.1) is 0 Å². The van der Waals surface area contributed by atoms with Gasteiger partial charge in [-0.2, -0.15) is 13.2 Å². The number of nitrogens with one attached hydrogen (secondary N) is 1. The molecular weight excluding hydrogens is 289 g/mol. The Hall–Kier alpha value is -2.58. The van der Waals surface area contributed by atoms with Crippen LogP contribution in [0.15, 0.2) is 30.9 Å². The molecule has 0 saturated carbocycles. The molecule has 0 amide bonds. The maximum Gasteiger partial charge on any atom is 0.433 e. The van der Waals surface area contributed by atoms with Crippen LogP contribution < -0.4 is 5.32 Å². The van der Waals surface area contributed by atoms with E-state index in [2.05, 4.69) is 15.3 Å².